The molecule has 0 spiro atoms. The zero-order valence-electron chi connectivity index (χ0n) is 10.7. The van der Waals surface area contributed by atoms with Crippen LogP contribution in [0.2, 0.25) is 0 Å². The average Bonchev–Trinajstić information content (AvgIpc) is 2.37. The maximum Gasteiger partial charge on any atom is 0.272 e. The molecule has 1 amide bonds. The Morgan fingerprint density at radius 3 is 2.72 bits per heavy atom. The molecule has 0 aliphatic rings. The van der Waals surface area contributed by atoms with Gasteiger partial charge in [0.2, 0.25) is 0 Å². The lowest BCUT2D eigenvalue weighted by atomic mass is 10.2. The molecule has 0 saturated carbocycles. The lowest BCUT2D eigenvalue weighted by molar-refractivity contribution is 0.0628. The lowest BCUT2D eigenvalue weighted by Gasteiger charge is -2.23. The third-order valence-electron chi connectivity index (χ3n) is 2.66. The van der Waals surface area contributed by atoms with Crippen molar-refractivity contribution in [3.63, 3.8) is 0 Å². The second kappa shape index (κ2) is 6.42. The highest BCUT2D eigenvalue weighted by Crippen LogP contribution is 2.06. The van der Waals surface area contributed by atoms with Crippen molar-refractivity contribution in [2.45, 2.75) is 13.0 Å². The van der Waals surface area contributed by atoms with Crippen LogP contribution >= 0.6 is 12.2 Å². The summed E-state index contributed by atoms with van der Waals surface area (Å²) in [4.78, 5) is 18.0. The molecular formula is C12H17N3O2S. The lowest BCUT2D eigenvalue weighted by Crippen LogP contribution is -2.38. The van der Waals surface area contributed by atoms with E-state index in [1.54, 1.807) is 31.2 Å². The summed E-state index contributed by atoms with van der Waals surface area (Å²) in [5, 5.41) is 0. The summed E-state index contributed by atoms with van der Waals surface area (Å²) in [5.74, 6) is -0.158. The summed E-state index contributed by atoms with van der Waals surface area (Å²) >= 11 is 4.82. The minimum Gasteiger partial charge on any atom is -0.389 e. The third kappa shape index (κ3) is 3.48. The molecule has 5 nitrogen and oxygen atoms in total. The summed E-state index contributed by atoms with van der Waals surface area (Å²) in [6.07, 6.45) is 1.50. The van der Waals surface area contributed by atoms with E-state index in [4.69, 9.17) is 22.7 Å². The number of hydrogen-bond acceptors (Lipinski definition) is 4. The van der Waals surface area contributed by atoms with Crippen LogP contribution in [0.3, 0.4) is 0 Å². The molecule has 0 aromatic carbocycles. The molecule has 0 saturated heterocycles. The van der Waals surface area contributed by atoms with E-state index in [0.29, 0.717) is 17.9 Å². The predicted octanol–water partition coefficient (Wildman–Crippen LogP) is 0.823. The van der Waals surface area contributed by atoms with E-state index in [2.05, 4.69) is 4.98 Å². The van der Waals surface area contributed by atoms with Crippen LogP contribution in [0.5, 0.6) is 0 Å². The molecule has 0 aliphatic heterocycles. The Balaban J connectivity index is 2.80. The van der Waals surface area contributed by atoms with Crippen molar-refractivity contribution >= 4 is 23.1 Å². The highest BCUT2D eigenvalue weighted by atomic mass is 32.1. The van der Waals surface area contributed by atoms with Gasteiger partial charge in [-0.2, -0.15) is 0 Å². The van der Waals surface area contributed by atoms with Crippen molar-refractivity contribution in [3.05, 3.63) is 29.6 Å². The molecule has 2 N–H and O–H groups in total. The molecule has 1 atom stereocenters. The van der Waals surface area contributed by atoms with Crippen molar-refractivity contribution < 1.29 is 9.53 Å². The largest absolute Gasteiger partial charge is 0.389 e. The van der Waals surface area contributed by atoms with Gasteiger partial charge in [-0.25, -0.2) is 0 Å². The number of rotatable bonds is 5. The van der Waals surface area contributed by atoms with Crippen LogP contribution in [0.1, 0.15) is 23.0 Å². The maximum absolute atomic E-state index is 12.1. The van der Waals surface area contributed by atoms with Crippen LogP contribution in [0, 0.1) is 0 Å². The van der Waals surface area contributed by atoms with Crippen LogP contribution in [-0.4, -0.2) is 47.6 Å². The van der Waals surface area contributed by atoms with Crippen LogP contribution in [-0.2, 0) is 4.74 Å². The Bertz CT molecular complexity index is 433. The second-order valence-corrected chi connectivity index (χ2v) is 4.46. The van der Waals surface area contributed by atoms with Gasteiger partial charge in [0.05, 0.1) is 12.6 Å². The molecule has 1 unspecified atom stereocenters. The number of nitrogens with two attached hydrogens (primary N) is 1. The number of thiocarbonyl (C=S) groups is 1. The SMILES string of the molecule is COCC(C)N(C)C(=O)c1ccc(C(N)=S)cn1. The Morgan fingerprint density at radius 2 is 2.28 bits per heavy atom. The van der Waals surface area contributed by atoms with Gasteiger partial charge in [0.15, 0.2) is 0 Å². The first-order valence-corrected chi connectivity index (χ1v) is 5.90. The number of carbonyl (C=O) groups excluding carboxylic acids is 1. The number of nitrogens with zero attached hydrogens (tertiary/aromatic N) is 2. The molecular weight excluding hydrogens is 250 g/mol. The number of aromatic nitrogens is 1. The summed E-state index contributed by atoms with van der Waals surface area (Å²) in [7, 11) is 3.32. The first-order chi connectivity index (χ1) is 8.47. The van der Waals surface area contributed by atoms with E-state index >= 15 is 0 Å². The summed E-state index contributed by atoms with van der Waals surface area (Å²) < 4.78 is 5.01. The van der Waals surface area contributed by atoms with E-state index in [0.717, 1.165) is 0 Å². The third-order valence-corrected chi connectivity index (χ3v) is 2.89. The minimum absolute atomic E-state index is 0.0143. The van der Waals surface area contributed by atoms with Gasteiger partial charge < -0.3 is 15.4 Å². The Hall–Kier alpha value is -1.53. The number of carbonyl (C=O) groups is 1. The molecule has 98 valence electrons. The first-order valence-electron chi connectivity index (χ1n) is 5.49. The zero-order chi connectivity index (χ0) is 13.7. The minimum atomic E-state index is -0.158. The summed E-state index contributed by atoms with van der Waals surface area (Å²) in [6, 6.07) is 3.30. The van der Waals surface area contributed by atoms with Gasteiger partial charge in [0, 0.05) is 25.9 Å². The van der Waals surface area contributed by atoms with E-state index in [1.807, 2.05) is 6.92 Å². The van der Waals surface area contributed by atoms with Gasteiger partial charge in [0.25, 0.3) is 5.91 Å². The molecule has 0 radical (unpaired) electrons. The average molecular weight is 267 g/mol. The van der Waals surface area contributed by atoms with Gasteiger partial charge in [-0.15, -0.1) is 0 Å². The Morgan fingerprint density at radius 1 is 1.61 bits per heavy atom. The van der Waals surface area contributed by atoms with E-state index in [9.17, 15) is 4.79 Å². The molecule has 0 bridgehead atoms. The number of methoxy groups -OCH3 is 1. The molecule has 1 rings (SSSR count). The van der Waals surface area contributed by atoms with Gasteiger partial charge >= 0.3 is 0 Å². The van der Waals surface area contributed by atoms with Gasteiger partial charge in [-0.1, -0.05) is 12.2 Å². The molecule has 1 aromatic heterocycles. The summed E-state index contributed by atoms with van der Waals surface area (Å²) in [5.41, 5.74) is 6.48. The van der Waals surface area contributed by atoms with Crippen molar-refractivity contribution in [2.75, 3.05) is 20.8 Å². The fraction of sp³-hybridized carbons (Fsp3) is 0.417. The number of pyridine rings is 1. The number of hydrogen-bond donors (Lipinski definition) is 1. The normalized spacial score (nSPS) is 11.9. The Kier molecular flexibility index (Phi) is 5.18. The maximum atomic E-state index is 12.1. The van der Waals surface area contributed by atoms with Crippen LogP contribution in [0.25, 0.3) is 0 Å². The van der Waals surface area contributed by atoms with Crippen LogP contribution < -0.4 is 5.73 Å². The van der Waals surface area contributed by atoms with E-state index in [1.165, 1.54) is 6.20 Å². The fourth-order valence-electron chi connectivity index (χ4n) is 1.40. The second-order valence-electron chi connectivity index (χ2n) is 4.02. The Labute approximate surface area is 112 Å². The molecule has 0 aliphatic carbocycles. The number of amides is 1. The first kappa shape index (κ1) is 14.5. The van der Waals surface area contributed by atoms with Crippen LogP contribution in [0.15, 0.2) is 18.3 Å². The fourth-order valence-corrected chi connectivity index (χ4v) is 1.52. The number of ether oxygens (including phenoxy) is 1. The van der Waals surface area contributed by atoms with Crippen molar-refractivity contribution in [1.29, 1.82) is 0 Å². The molecule has 0 fully saturated rings. The van der Waals surface area contributed by atoms with Crippen LogP contribution in [0.4, 0.5) is 0 Å². The zero-order valence-corrected chi connectivity index (χ0v) is 11.5. The predicted molar refractivity (Wildman–Crippen MR) is 73.6 cm³/mol. The molecule has 6 heteroatoms. The monoisotopic (exact) mass is 267 g/mol. The smallest absolute Gasteiger partial charge is 0.272 e. The van der Waals surface area contributed by atoms with Gasteiger partial charge in [-0.05, 0) is 19.1 Å². The molecule has 18 heavy (non-hydrogen) atoms. The van der Waals surface area contributed by atoms with Gasteiger partial charge in [-0.3, -0.25) is 9.78 Å². The molecule has 1 aromatic rings. The highest BCUT2D eigenvalue weighted by molar-refractivity contribution is 7.80. The van der Waals surface area contributed by atoms with Gasteiger partial charge in [0.1, 0.15) is 10.7 Å². The van der Waals surface area contributed by atoms with E-state index in [-0.39, 0.29) is 16.9 Å². The van der Waals surface area contributed by atoms with Crippen molar-refractivity contribution in [2.24, 2.45) is 5.73 Å². The standard InChI is InChI=1S/C12H17N3O2S/c1-8(7-17-3)15(2)12(16)10-5-4-9(6-14-10)11(13)18/h4-6,8H,7H2,1-3H3,(H2,13,18). The van der Waals surface area contributed by atoms with Crippen molar-refractivity contribution in [1.82, 2.24) is 9.88 Å². The quantitative estimate of drug-likeness (QED) is 0.800. The van der Waals surface area contributed by atoms with E-state index < -0.39 is 0 Å². The highest BCUT2D eigenvalue weighted by Gasteiger charge is 2.18. The topological polar surface area (TPSA) is 68.5 Å². The number of likely N-dealkylation sites (N-methyl/N-ethyl adjacent to an activating group) is 1. The van der Waals surface area contributed by atoms with Crippen molar-refractivity contribution in [3.8, 4) is 0 Å². The molecule has 1 heterocycles. The summed E-state index contributed by atoms with van der Waals surface area (Å²) in [6.45, 7) is 2.39.